The number of ether oxygens (including phenoxy) is 2. The first kappa shape index (κ1) is 18.1. The van der Waals surface area contributed by atoms with Gasteiger partial charge in [-0.2, -0.15) is 0 Å². The Hall–Kier alpha value is -0.910. The van der Waals surface area contributed by atoms with Crippen molar-refractivity contribution in [1.29, 1.82) is 0 Å². The first-order valence-electron chi connectivity index (χ1n) is 7.37. The number of methoxy groups -OCH3 is 2. The van der Waals surface area contributed by atoms with E-state index in [1.165, 1.54) is 0 Å². The largest absolute Gasteiger partial charge is 0.497 e. The maximum absolute atomic E-state index is 12.4. The number of nitrogens with one attached hydrogen (secondary N) is 1. The van der Waals surface area contributed by atoms with E-state index in [0.29, 0.717) is 12.4 Å². The Morgan fingerprint density at radius 3 is 2.43 bits per heavy atom. The third-order valence-corrected chi connectivity index (χ3v) is 5.13. The van der Waals surface area contributed by atoms with Gasteiger partial charge < -0.3 is 14.8 Å². The normalized spacial score (nSPS) is 15.4. The van der Waals surface area contributed by atoms with Gasteiger partial charge in [0.15, 0.2) is 0 Å². The monoisotopic (exact) mass is 313 g/mol. The Bertz CT molecular complexity index is 422. The Morgan fingerprint density at radius 1 is 1.24 bits per heavy atom. The minimum Gasteiger partial charge on any atom is -0.497 e. The number of rotatable bonds is 10. The van der Waals surface area contributed by atoms with E-state index in [-0.39, 0.29) is 11.3 Å². The zero-order valence-corrected chi connectivity index (χ0v) is 14.2. The van der Waals surface area contributed by atoms with E-state index in [4.69, 9.17) is 9.47 Å². The average Bonchev–Trinajstić information content (AvgIpc) is 2.53. The molecule has 0 aliphatic heterocycles. The van der Waals surface area contributed by atoms with E-state index >= 15 is 0 Å². The van der Waals surface area contributed by atoms with Crippen LogP contribution in [0.1, 0.15) is 31.9 Å². The molecular formula is C16H27NO3S. The van der Waals surface area contributed by atoms with Gasteiger partial charge in [0.2, 0.25) is 0 Å². The van der Waals surface area contributed by atoms with Crippen LogP contribution in [0.2, 0.25) is 0 Å². The zero-order valence-electron chi connectivity index (χ0n) is 13.4. The van der Waals surface area contributed by atoms with E-state index in [9.17, 15) is 4.21 Å². The van der Waals surface area contributed by atoms with Gasteiger partial charge in [-0.15, -0.1) is 0 Å². The van der Waals surface area contributed by atoms with E-state index < -0.39 is 10.8 Å². The van der Waals surface area contributed by atoms with Crippen molar-refractivity contribution >= 4 is 10.8 Å². The Labute approximate surface area is 130 Å². The lowest BCUT2D eigenvalue weighted by Crippen LogP contribution is -2.34. The molecule has 0 aliphatic carbocycles. The van der Waals surface area contributed by atoms with Crippen LogP contribution in [-0.2, 0) is 15.5 Å². The summed E-state index contributed by atoms with van der Waals surface area (Å²) in [6, 6.07) is 8.04. The van der Waals surface area contributed by atoms with Crippen molar-refractivity contribution in [3.63, 3.8) is 0 Å². The highest BCUT2D eigenvalue weighted by Crippen LogP contribution is 2.23. The van der Waals surface area contributed by atoms with Gasteiger partial charge in [0.25, 0.3) is 0 Å². The van der Waals surface area contributed by atoms with Crippen LogP contribution in [0.25, 0.3) is 0 Å². The topological polar surface area (TPSA) is 47.6 Å². The molecule has 0 spiro atoms. The maximum Gasteiger partial charge on any atom is 0.118 e. The molecule has 0 fully saturated rings. The van der Waals surface area contributed by atoms with Crippen molar-refractivity contribution in [3.05, 3.63) is 29.8 Å². The van der Waals surface area contributed by atoms with E-state index in [1.54, 1.807) is 14.2 Å². The van der Waals surface area contributed by atoms with Crippen LogP contribution in [0.5, 0.6) is 5.75 Å². The second-order valence-electron chi connectivity index (χ2n) is 4.99. The van der Waals surface area contributed by atoms with Crippen molar-refractivity contribution in [1.82, 2.24) is 5.32 Å². The van der Waals surface area contributed by atoms with Gasteiger partial charge in [-0.05, 0) is 37.6 Å². The van der Waals surface area contributed by atoms with E-state index in [0.717, 1.165) is 24.3 Å². The third-order valence-electron chi connectivity index (χ3n) is 3.46. The molecule has 1 aromatic rings. The molecule has 3 atom stereocenters. The Balaban J connectivity index is 2.84. The van der Waals surface area contributed by atoms with Crippen LogP contribution in [0.4, 0.5) is 0 Å². The Morgan fingerprint density at radius 2 is 1.90 bits per heavy atom. The van der Waals surface area contributed by atoms with Crippen LogP contribution in [-0.4, -0.2) is 42.6 Å². The first-order chi connectivity index (χ1) is 10.1. The predicted molar refractivity (Wildman–Crippen MR) is 88.4 cm³/mol. The van der Waals surface area contributed by atoms with E-state index in [2.05, 4.69) is 12.2 Å². The minimum absolute atomic E-state index is 0.0279. The molecule has 120 valence electrons. The molecule has 4 nitrogen and oxygen atoms in total. The van der Waals surface area contributed by atoms with Crippen molar-refractivity contribution < 1.29 is 13.7 Å². The fraction of sp³-hybridized carbons (Fsp3) is 0.625. The first-order valence-corrected chi connectivity index (χ1v) is 8.75. The standard InChI is InChI=1S/C16H27NO3S/c1-5-10-17-16(13(2)21(18)12-11-19-3)14-6-8-15(20-4)9-7-14/h6-9,13,16-17H,5,10-12H2,1-4H3. The zero-order chi connectivity index (χ0) is 15.7. The quantitative estimate of drug-likeness (QED) is 0.721. The lowest BCUT2D eigenvalue weighted by molar-refractivity contribution is 0.217. The van der Waals surface area contributed by atoms with Crippen molar-refractivity contribution in [2.75, 3.05) is 33.1 Å². The van der Waals surface area contributed by atoms with Gasteiger partial charge in [0, 0.05) is 29.7 Å². The molecule has 0 heterocycles. The van der Waals surface area contributed by atoms with Gasteiger partial charge in [0.1, 0.15) is 5.75 Å². The molecule has 0 saturated carbocycles. The van der Waals surface area contributed by atoms with Crippen LogP contribution >= 0.6 is 0 Å². The van der Waals surface area contributed by atoms with Crippen molar-refractivity contribution in [3.8, 4) is 5.75 Å². The van der Waals surface area contributed by atoms with Crippen LogP contribution in [0, 0.1) is 0 Å². The molecular weight excluding hydrogens is 286 g/mol. The molecule has 21 heavy (non-hydrogen) atoms. The summed E-state index contributed by atoms with van der Waals surface area (Å²) in [6.07, 6.45) is 1.05. The van der Waals surface area contributed by atoms with Gasteiger partial charge >= 0.3 is 0 Å². The summed E-state index contributed by atoms with van der Waals surface area (Å²) in [6.45, 7) is 5.59. The molecule has 1 N–H and O–H groups in total. The molecule has 0 aromatic heterocycles. The molecule has 1 rings (SSSR count). The number of benzene rings is 1. The summed E-state index contributed by atoms with van der Waals surface area (Å²) >= 11 is 0. The predicted octanol–water partition coefficient (Wildman–Crippen LogP) is 2.52. The fourth-order valence-corrected chi connectivity index (χ4v) is 3.43. The highest BCUT2D eigenvalue weighted by atomic mass is 32.2. The van der Waals surface area contributed by atoms with Crippen molar-refractivity contribution in [2.45, 2.75) is 31.6 Å². The molecule has 0 aliphatic rings. The van der Waals surface area contributed by atoms with E-state index in [1.807, 2.05) is 31.2 Å². The SMILES string of the molecule is CCCNC(c1ccc(OC)cc1)C(C)S(=O)CCOC. The summed E-state index contributed by atoms with van der Waals surface area (Å²) in [5.41, 5.74) is 1.14. The second-order valence-corrected chi connectivity index (χ2v) is 6.90. The van der Waals surface area contributed by atoms with Crippen LogP contribution in [0.3, 0.4) is 0 Å². The maximum atomic E-state index is 12.4. The molecule has 1 aromatic carbocycles. The average molecular weight is 313 g/mol. The third kappa shape index (κ3) is 5.77. The van der Waals surface area contributed by atoms with Crippen LogP contribution < -0.4 is 10.1 Å². The highest BCUT2D eigenvalue weighted by Gasteiger charge is 2.23. The highest BCUT2D eigenvalue weighted by molar-refractivity contribution is 7.85. The van der Waals surface area contributed by atoms with Gasteiger partial charge in [-0.25, -0.2) is 0 Å². The number of hydrogen-bond donors (Lipinski definition) is 1. The second kappa shape index (κ2) is 9.92. The lowest BCUT2D eigenvalue weighted by Gasteiger charge is -2.25. The number of hydrogen-bond acceptors (Lipinski definition) is 4. The molecule has 5 heteroatoms. The van der Waals surface area contributed by atoms with Gasteiger partial charge in [-0.1, -0.05) is 19.1 Å². The fourth-order valence-electron chi connectivity index (χ4n) is 2.17. The summed E-state index contributed by atoms with van der Waals surface area (Å²) in [7, 11) is 2.37. The molecule has 3 unspecified atom stereocenters. The van der Waals surface area contributed by atoms with Crippen LogP contribution in [0.15, 0.2) is 24.3 Å². The molecule has 0 radical (unpaired) electrons. The molecule has 0 amide bonds. The van der Waals surface area contributed by atoms with Crippen molar-refractivity contribution in [2.24, 2.45) is 0 Å². The summed E-state index contributed by atoms with van der Waals surface area (Å²) < 4.78 is 22.6. The molecule has 0 bridgehead atoms. The summed E-state index contributed by atoms with van der Waals surface area (Å²) in [5, 5.41) is 3.53. The van der Waals surface area contributed by atoms with Gasteiger partial charge in [0.05, 0.1) is 19.0 Å². The summed E-state index contributed by atoms with van der Waals surface area (Å²) in [4.78, 5) is 0. The summed E-state index contributed by atoms with van der Waals surface area (Å²) in [5.74, 6) is 1.40. The smallest absolute Gasteiger partial charge is 0.118 e. The lowest BCUT2D eigenvalue weighted by atomic mass is 10.0. The minimum atomic E-state index is -0.925. The van der Waals surface area contributed by atoms with Gasteiger partial charge in [-0.3, -0.25) is 4.21 Å². The molecule has 0 saturated heterocycles. The Kier molecular flexibility index (Phi) is 8.57.